The van der Waals surface area contributed by atoms with Gasteiger partial charge in [-0.2, -0.15) is 0 Å². The third-order valence-corrected chi connectivity index (χ3v) is 4.25. The van der Waals surface area contributed by atoms with E-state index in [9.17, 15) is 4.21 Å². The van der Waals surface area contributed by atoms with Gasteiger partial charge in [0.05, 0.1) is 0 Å². The van der Waals surface area contributed by atoms with Crippen LogP contribution in [0.4, 0.5) is 11.6 Å². The number of thioether (sulfide) groups is 1. The number of nitrogens with two attached hydrogens (primary N) is 1. The highest BCUT2D eigenvalue weighted by molar-refractivity contribution is 7.98. The number of nitrogens with zero attached hydrogens (tertiary/aromatic N) is 2. The standard InChI is InChI=1S/C10H18N4OS2/c1-7(17(3)15)4-5-12-9-6-8(11)13-10(14-9)16-2/h6-7H,4-5H2,1-3H3,(H3,11,12,13,14). The molecule has 5 nitrogen and oxygen atoms in total. The average Bonchev–Trinajstić information content (AvgIpc) is 2.27. The smallest absolute Gasteiger partial charge is 0.191 e. The zero-order chi connectivity index (χ0) is 12.8. The minimum Gasteiger partial charge on any atom is -0.383 e. The van der Waals surface area contributed by atoms with Crippen LogP contribution in [-0.2, 0) is 10.8 Å². The molecule has 1 rings (SSSR count). The molecule has 0 radical (unpaired) electrons. The first-order valence-corrected chi connectivity index (χ1v) is 8.12. The van der Waals surface area contributed by atoms with E-state index in [0.717, 1.165) is 18.8 Å². The first-order valence-electron chi connectivity index (χ1n) is 5.27. The second kappa shape index (κ2) is 6.80. The van der Waals surface area contributed by atoms with E-state index in [4.69, 9.17) is 5.73 Å². The number of rotatable bonds is 6. The Morgan fingerprint density at radius 2 is 2.29 bits per heavy atom. The lowest BCUT2D eigenvalue weighted by Gasteiger charge is -2.10. The van der Waals surface area contributed by atoms with Crippen molar-refractivity contribution in [2.24, 2.45) is 0 Å². The molecule has 2 atom stereocenters. The van der Waals surface area contributed by atoms with Crippen LogP contribution < -0.4 is 11.1 Å². The summed E-state index contributed by atoms with van der Waals surface area (Å²) in [5.41, 5.74) is 5.66. The molecule has 0 fully saturated rings. The highest BCUT2D eigenvalue weighted by Gasteiger charge is 2.06. The van der Waals surface area contributed by atoms with Gasteiger partial charge in [-0.05, 0) is 12.7 Å². The maximum Gasteiger partial charge on any atom is 0.191 e. The number of hydrogen-bond donors (Lipinski definition) is 2. The quantitative estimate of drug-likeness (QED) is 0.602. The molecular formula is C10H18N4OS2. The summed E-state index contributed by atoms with van der Waals surface area (Å²) in [6.07, 6.45) is 4.46. The Balaban J connectivity index is 2.51. The molecule has 3 N–H and O–H groups in total. The maximum absolute atomic E-state index is 11.2. The first kappa shape index (κ1) is 14.2. The molecule has 0 spiro atoms. The highest BCUT2D eigenvalue weighted by Crippen LogP contribution is 2.15. The molecule has 96 valence electrons. The molecule has 0 saturated carbocycles. The van der Waals surface area contributed by atoms with Crippen LogP contribution in [0.3, 0.4) is 0 Å². The van der Waals surface area contributed by atoms with Crippen molar-refractivity contribution < 1.29 is 4.21 Å². The largest absolute Gasteiger partial charge is 0.383 e. The van der Waals surface area contributed by atoms with Crippen molar-refractivity contribution in [2.75, 3.05) is 30.1 Å². The Morgan fingerprint density at radius 1 is 1.59 bits per heavy atom. The van der Waals surface area contributed by atoms with E-state index < -0.39 is 10.8 Å². The summed E-state index contributed by atoms with van der Waals surface area (Å²) in [7, 11) is -0.780. The Morgan fingerprint density at radius 3 is 2.88 bits per heavy atom. The van der Waals surface area contributed by atoms with Crippen LogP contribution in [0.5, 0.6) is 0 Å². The fraction of sp³-hybridized carbons (Fsp3) is 0.600. The van der Waals surface area contributed by atoms with E-state index in [-0.39, 0.29) is 5.25 Å². The predicted octanol–water partition coefficient (Wildman–Crippen LogP) is 1.35. The lowest BCUT2D eigenvalue weighted by Crippen LogP contribution is -2.15. The van der Waals surface area contributed by atoms with Crippen molar-refractivity contribution >= 4 is 34.2 Å². The molecule has 2 unspecified atom stereocenters. The minimum absolute atomic E-state index is 0.182. The zero-order valence-electron chi connectivity index (χ0n) is 10.3. The Hall–Kier alpha value is -0.820. The van der Waals surface area contributed by atoms with Gasteiger partial charge in [0.25, 0.3) is 0 Å². The van der Waals surface area contributed by atoms with Crippen molar-refractivity contribution in [2.45, 2.75) is 23.8 Å². The molecule has 17 heavy (non-hydrogen) atoms. The van der Waals surface area contributed by atoms with E-state index in [1.54, 1.807) is 12.3 Å². The van der Waals surface area contributed by atoms with Crippen molar-refractivity contribution in [1.82, 2.24) is 9.97 Å². The highest BCUT2D eigenvalue weighted by atomic mass is 32.2. The average molecular weight is 274 g/mol. The van der Waals surface area contributed by atoms with Crippen molar-refractivity contribution in [3.05, 3.63) is 6.07 Å². The lowest BCUT2D eigenvalue weighted by atomic mass is 10.3. The SMILES string of the molecule is CSc1nc(N)cc(NCCC(C)S(C)=O)n1. The predicted molar refractivity (Wildman–Crippen MR) is 74.9 cm³/mol. The summed E-state index contributed by atoms with van der Waals surface area (Å²) in [5, 5.41) is 4.00. The molecule has 0 amide bonds. The molecule has 0 saturated heterocycles. The number of nitrogen functional groups attached to an aromatic ring is 1. The second-order valence-electron chi connectivity index (χ2n) is 3.69. The van der Waals surface area contributed by atoms with Crippen molar-refractivity contribution in [1.29, 1.82) is 0 Å². The van der Waals surface area contributed by atoms with Crippen LogP contribution in [0.25, 0.3) is 0 Å². The van der Waals surface area contributed by atoms with Gasteiger partial charge in [-0.1, -0.05) is 18.7 Å². The van der Waals surface area contributed by atoms with Gasteiger partial charge in [-0.25, -0.2) is 9.97 Å². The summed E-state index contributed by atoms with van der Waals surface area (Å²) in [6.45, 7) is 2.70. The summed E-state index contributed by atoms with van der Waals surface area (Å²) in [5.74, 6) is 1.18. The summed E-state index contributed by atoms with van der Waals surface area (Å²) in [6, 6.07) is 1.70. The minimum atomic E-state index is -0.780. The molecule has 1 aromatic heterocycles. The van der Waals surface area contributed by atoms with Crippen molar-refractivity contribution in [3.63, 3.8) is 0 Å². The summed E-state index contributed by atoms with van der Waals surface area (Å²) < 4.78 is 11.2. The van der Waals surface area contributed by atoms with E-state index in [1.807, 2.05) is 13.2 Å². The lowest BCUT2D eigenvalue weighted by molar-refractivity contribution is 0.672. The normalized spacial score (nSPS) is 14.3. The molecule has 0 aliphatic heterocycles. The number of anilines is 2. The fourth-order valence-electron chi connectivity index (χ4n) is 1.19. The molecule has 1 heterocycles. The third-order valence-electron chi connectivity index (χ3n) is 2.33. The number of hydrogen-bond acceptors (Lipinski definition) is 6. The van der Waals surface area contributed by atoms with Crippen LogP contribution in [0.15, 0.2) is 11.2 Å². The summed E-state index contributed by atoms with van der Waals surface area (Å²) in [4.78, 5) is 8.34. The molecule has 1 aromatic rings. The van der Waals surface area contributed by atoms with Crippen LogP contribution in [0.2, 0.25) is 0 Å². The Labute approximate surface area is 108 Å². The fourth-order valence-corrected chi connectivity index (χ4v) is 2.03. The zero-order valence-corrected chi connectivity index (χ0v) is 11.9. The Bertz CT molecular complexity index is 400. The second-order valence-corrected chi connectivity index (χ2v) is 6.26. The number of aromatic nitrogens is 2. The van der Waals surface area contributed by atoms with Crippen LogP contribution >= 0.6 is 11.8 Å². The third kappa shape index (κ3) is 4.91. The van der Waals surface area contributed by atoms with Gasteiger partial charge in [-0.3, -0.25) is 4.21 Å². The van der Waals surface area contributed by atoms with Gasteiger partial charge in [0.15, 0.2) is 5.16 Å². The summed E-state index contributed by atoms with van der Waals surface area (Å²) >= 11 is 1.45. The van der Waals surface area contributed by atoms with E-state index in [0.29, 0.717) is 11.0 Å². The van der Waals surface area contributed by atoms with Crippen LogP contribution in [0.1, 0.15) is 13.3 Å². The van der Waals surface area contributed by atoms with Gasteiger partial charge in [0.2, 0.25) is 0 Å². The maximum atomic E-state index is 11.2. The van der Waals surface area contributed by atoms with Crippen LogP contribution in [0, 0.1) is 0 Å². The van der Waals surface area contributed by atoms with Gasteiger partial charge in [0.1, 0.15) is 11.6 Å². The molecule has 7 heteroatoms. The molecule has 0 aliphatic rings. The monoisotopic (exact) mass is 274 g/mol. The van der Waals surface area contributed by atoms with Gasteiger partial charge >= 0.3 is 0 Å². The van der Waals surface area contributed by atoms with Gasteiger partial charge in [0, 0.05) is 34.9 Å². The topological polar surface area (TPSA) is 80.9 Å². The van der Waals surface area contributed by atoms with Gasteiger partial charge < -0.3 is 11.1 Å². The molecule has 0 aromatic carbocycles. The van der Waals surface area contributed by atoms with E-state index in [2.05, 4.69) is 15.3 Å². The van der Waals surface area contributed by atoms with E-state index >= 15 is 0 Å². The van der Waals surface area contributed by atoms with Gasteiger partial charge in [-0.15, -0.1) is 0 Å². The first-order chi connectivity index (χ1) is 8.02. The Kier molecular flexibility index (Phi) is 5.70. The van der Waals surface area contributed by atoms with Crippen molar-refractivity contribution in [3.8, 4) is 0 Å². The molecule has 0 aliphatic carbocycles. The van der Waals surface area contributed by atoms with E-state index in [1.165, 1.54) is 11.8 Å². The molecular weight excluding hydrogens is 256 g/mol. The number of nitrogens with one attached hydrogen (secondary N) is 1. The van der Waals surface area contributed by atoms with Crippen LogP contribution in [-0.4, -0.2) is 38.5 Å². The molecule has 0 bridgehead atoms.